The Morgan fingerprint density at radius 2 is 1.77 bits per heavy atom. The molecule has 0 spiro atoms. The second-order valence-electron chi connectivity index (χ2n) is 5.20. The van der Waals surface area contributed by atoms with Crippen molar-refractivity contribution in [1.29, 1.82) is 5.26 Å². The molecule has 128 valence electrons. The van der Waals surface area contributed by atoms with Gasteiger partial charge in [-0.15, -0.1) is 10.2 Å². The van der Waals surface area contributed by atoms with Crippen LogP contribution < -0.4 is 10.6 Å². The molecule has 26 heavy (non-hydrogen) atoms. The van der Waals surface area contributed by atoms with Crippen molar-refractivity contribution in [3.05, 3.63) is 76.7 Å². The predicted molar refractivity (Wildman–Crippen MR) is 95.8 cm³/mol. The molecule has 0 radical (unpaired) electrons. The Kier molecular flexibility index (Phi) is 5.06. The quantitative estimate of drug-likeness (QED) is 0.723. The molecule has 2 aromatic carbocycles. The topological polar surface area (TPSA) is 90.7 Å². The molecule has 1 heterocycles. The Morgan fingerprint density at radius 3 is 2.38 bits per heavy atom. The number of benzene rings is 2. The number of carbonyl (C=O) groups is 1. The van der Waals surface area contributed by atoms with E-state index in [4.69, 9.17) is 16.9 Å². The number of aromatic nitrogens is 2. The first-order chi connectivity index (χ1) is 12.5. The number of nitriles is 1. The molecule has 0 saturated heterocycles. The molecule has 6 nitrogen and oxygen atoms in total. The van der Waals surface area contributed by atoms with Gasteiger partial charge in [-0.1, -0.05) is 11.6 Å². The first-order valence-electron chi connectivity index (χ1n) is 7.42. The lowest BCUT2D eigenvalue weighted by molar-refractivity contribution is 0.102. The van der Waals surface area contributed by atoms with E-state index in [1.165, 1.54) is 24.3 Å². The van der Waals surface area contributed by atoms with Crippen LogP contribution in [-0.4, -0.2) is 16.1 Å². The Hall–Kier alpha value is -3.50. The summed E-state index contributed by atoms with van der Waals surface area (Å²) in [6.07, 6.45) is 0. The SMILES string of the molecule is N#Cc1ccc(NC(=O)c2ccc(Nc3ccc(F)c(Cl)c3)nn2)cc1. The number of nitrogens with zero attached hydrogens (tertiary/aromatic N) is 3. The largest absolute Gasteiger partial charge is 0.339 e. The molecular formula is C18H11ClFN5O. The molecule has 0 aliphatic heterocycles. The Bertz CT molecular complexity index is 984. The molecule has 0 unspecified atom stereocenters. The van der Waals surface area contributed by atoms with Crippen LogP contribution in [0.25, 0.3) is 0 Å². The molecule has 0 aliphatic rings. The third-order valence-electron chi connectivity index (χ3n) is 3.36. The third kappa shape index (κ3) is 4.12. The first kappa shape index (κ1) is 17.3. The normalized spacial score (nSPS) is 10.0. The van der Waals surface area contributed by atoms with E-state index in [-0.39, 0.29) is 10.7 Å². The zero-order valence-corrected chi connectivity index (χ0v) is 14.0. The summed E-state index contributed by atoms with van der Waals surface area (Å²) >= 11 is 5.72. The van der Waals surface area contributed by atoms with Crippen molar-refractivity contribution in [2.24, 2.45) is 0 Å². The molecule has 3 aromatic rings. The molecule has 2 N–H and O–H groups in total. The fourth-order valence-electron chi connectivity index (χ4n) is 2.07. The summed E-state index contributed by atoms with van der Waals surface area (Å²) in [7, 11) is 0. The molecule has 0 saturated carbocycles. The van der Waals surface area contributed by atoms with E-state index in [2.05, 4.69) is 20.8 Å². The van der Waals surface area contributed by atoms with Gasteiger partial charge in [0.05, 0.1) is 16.7 Å². The summed E-state index contributed by atoms with van der Waals surface area (Å²) in [5, 5.41) is 22.1. The maximum atomic E-state index is 13.2. The van der Waals surface area contributed by atoms with Gasteiger partial charge in [0.15, 0.2) is 11.5 Å². The number of anilines is 3. The van der Waals surface area contributed by atoms with E-state index in [1.54, 1.807) is 30.3 Å². The number of hydrogen-bond donors (Lipinski definition) is 2. The Labute approximate surface area is 153 Å². The molecule has 0 fully saturated rings. The van der Waals surface area contributed by atoms with Crippen LogP contribution in [0.4, 0.5) is 21.6 Å². The number of hydrogen-bond acceptors (Lipinski definition) is 5. The number of nitrogens with one attached hydrogen (secondary N) is 2. The lowest BCUT2D eigenvalue weighted by atomic mass is 10.2. The average molecular weight is 368 g/mol. The molecule has 1 aromatic heterocycles. The van der Waals surface area contributed by atoms with Crippen molar-refractivity contribution in [2.75, 3.05) is 10.6 Å². The van der Waals surface area contributed by atoms with Crippen molar-refractivity contribution in [3.63, 3.8) is 0 Å². The summed E-state index contributed by atoms with van der Waals surface area (Å²) < 4.78 is 13.2. The van der Waals surface area contributed by atoms with E-state index < -0.39 is 11.7 Å². The van der Waals surface area contributed by atoms with Gasteiger partial charge < -0.3 is 10.6 Å². The van der Waals surface area contributed by atoms with E-state index in [0.29, 0.717) is 22.8 Å². The highest BCUT2D eigenvalue weighted by molar-refractivity contribution is 6.31. The minimum atomic E-state index is -0.516. The summed E-state index contributed by atoms with van der Waals surface area (Å²) in [4.78, 5) is 12.2. The fraction of sp³-hybridized carbons (Fsp3) is 0. The Balaban J connectivity index is 1.67. The van der Waals surface area contributed by atoms with Gasteiger partial charge >= 0.3 is 0 Å². The minimum absolute atomic E-state index is 0.0126. The Morgan fingerprint density at radius 1 is 1.04 bits per heavy atom. The molecule has 0 aliphatic carbocycles. The maximum absolute atomic E-state index is 13.2. The molecular weight excluding hydrogens is 357 g/mol. The van der Waals surface area contributed by atoms with Crippen molar-refractivity contribution in [2.45, 2.75) is 0 Å². The van der Waals surface area contributed by atoms with Gasteiger partial charge in [-0.05, 0) is 54.6 Å². The van der Waals surface area contributed by atoms with Crippen molar-refractivity contribution in [3.8, 4) is 6.07 Å². The molecule has 0 atom stereocenters. The predicted octanol–water partition coefficient (Wildman–Crippen LogP) is 4.14. The summed E-state index contributed by atoms with van der Waals surface area (Å²) in [6.45, 7) is 0. The van der Waals surface area contributed by atoms with Crippen LogP contribution >= 0.6 is 11.6 Å². The van der Waals surface area contributed by atoms with Crippen molar-refractivity contribution >= 4 is 34.7 Å². The smallest absolute Gasteiger partial charge is 0.276 e. The average Bonchev–Trinajstić information content (AvgIpc) is 2.66. The summed E-state index contributed by atoms with van der Waals surface area (Å²) in [5.74, 6) is -0.570. The van der Waals surface area contributed by atoms with Crippen LogP contribution in [0.3, 0.4) is 0 Å². The van der Waals surface area contributed by atoms with Crippen molar-refractivity contribution in [1.82, 2.24) is 10.2 Å². The summed E-state index contributed by atoms with van der Waals surface area (Å²) in [5.41, 5.74) is 1.70. The minimum Gasteiger partial charge on any atom is -0.339 e. The van der Waals surface area contributed by atoms with Gasteiger partial charge in [0.1, 0.15) is 5.82 Å². The number of carbonyl (C=O) groups excluding carboxylic acids is 1. The van der Waals surface area contributed by atoms with E-state index in [0.717, 1.165) is 0 Å². The second-order valence-corrected chi connectivity index (χ2v) is 5.61. The van der Waals surface area contributed by atoms with Gasteiger partial charge in [0, 0.05) is 11.4 Å². The van der Waals surface area contributed by atoms with E-state index in [9.17, 15) is 9.18 Å². The van der Waals surface area contributed by atoms with Crippen LogP contribution in [0.1, 0.15) is 16.1 Å². The highest BCUT2D eigenvalue weighted by Gasteiger charge is 2.09. The lowest BCUT2D eigenvalue weighted by Gasteiger charge is -2.07. The number of rotatable bonds is 4. The van der Waals surface area contributed by atoms with E-state index >= 15 is 0 Å². The van der Waals surface area contributed by atoms with E-state index in [1.807, 2.05) is 6.07 Å². The van der Waals surface area contributed by atoms with Gasteiger partial charge in [-0.25, -0.2) is 4.39 Å². The second kappa shape index (κ2) is 7.59. The zero-order valence-electron chi connectivity index (χ0n) is 13.2. The van der Waals surface area contributed by atoms with Crippen LogP contribution in [0.2, 0.25) is 5.02 Å². The van der Waals surface area contributed by atoms with Gasteiger partial charge in [0.25, 0.3) is 5.91 Å². The van der Waals surface area contributed by atoms with Crippen molar-refractivity contribution < 1.29 is 9.18 Å². The van der Waals surface area contributed by atoms with Gasteiger partial charge in [0.2, 0.25) is 0 Å². The number of amides is 1. The zero-order chi connectivity index (χ0) is 18.5. The monoisotopic (exact) mass is 367 g/mol. The third-order valence-corrected chi connectivity index (χ3v) is 3.65. The first-order valence-corrected chi connectivity index (χ1v) is 7.80. The van der Waals surface area contributed by atoms with Crippen LogP contribution in [0.5, 0.6) is 0 Å². The standard InChI is InChI=1S/C18H11ClFN5O/c19-14-9-13(5-6-15(14)20)22-17-8-7-16(24-25-17)18(26)23-12-3-1-11(10-21)2-4-12/h1-9H,(H,22,25)(H,23,26). The van der Waals surface area contributed by atoms with Crippen LogP contribution in [0.15, 0.2) is 54.6 Å². The molecule has 8 heteroatoms. The molecule has 0 bridgehead atoms. The molecule has 1 amide bonds. The van der Waals surface area contributed by atoms with Gasteiger partial charge in [-0.3, -0.25) is 4.79 Å². The lowest BCUT2D eigenvalue weighted by Crippen LogP contribution is -2.14. The highest BCUT2D eigenvalue weighted by atomic mass is 35.5. The summed E-state index contributed by atoms with van der Waals surface area (Å²) in [6, 6.07) is 15.7. The maximum Gasteiger partial charge on any atom is 0.276 e. The molecule has 3 rings (SSSR count). The van der Waals surface area contributed by atoms with Crippen LogP contribution in [-0.2, 0) is 0 Å². The highest BCUT2D eigenvalue weighted by Crippen LogP contribution is 2.21. The van der Waals surface area contributed by atoms with Gasteiger partial charge in [-0.2, -0.15) is 5.26 Å². The number of halogens is 2. The van der Waals surface area contributed by atoms with Crippen LogP contribution in [0, 0.1) is 17.1 Å². The fourth-order valence-corrected chi connectivity index (χ4v) is 2.25.